The van der Waals surface area contributed by atoms with Gasteiger partial charge in [0.1, 0.15) is 16.6 Å². The van der Waals surface area contributed by atoms with Crippen molar-refractivity contribution < 1.29 is 13.6 Å². The van der Waals surface area contributed by atoms with Gasteiger partial charge in [0.25, 0.3) is 5.91 Å². The van der Waals surface area contributed by atoms with Crippen LogP contribution in [0.4, 0.5) is 14.5 Å². The summed E-state index contributed by atoms with van der Waals surface area (Å²) >= 11 is 7.30. The summed E-state index contributed by atoms with van der Waals surface area (Å²) < 4.78 is 27.3. The molecule has 29 heavy (non-hydrogen) atoms. The molecule has 0 atom stereocenters. The molecule has 1 heterocycles. The Kier molecular flexibility index (Phi) is 5.38. The Morgan fingerprint density at radius 1 is 0.966 bits per heavy atom. The number of anilines is 1. The fourth-order valence-corrected chi connectivity index (χ4v) is 3.93. The van der Waals surface area contributed by atoms with E-state index in [2.05, 4.69) is 10.3 Å². The molecule has 0 saturated carbocycles. The largest absolute Gasteiger partial charge is 0.321 e. The molecule has 0 radical (unpaired) electrons. The van der Waals surface area contributed by atoms with Crippen molar-refractivity contribution in [1.82, 2.24) is 4.98 Å². The Hall–Kier alpha value is -3.09. The summed E-state index contributed by atoms with van der Waals surface area (Å²) in [4.78, 5) is 17.1. The summed E-state index contributed by atoms with van der Waals surface area (Å²) in [5.41, 5.74) is 2.38. The van der Waals surface area contributed by atoms with Gasteiger partial charge in [0.05, 0.1) is 22.0 Å². The number of benzene rings is 3. The van der Waals surface area contributed by atoms with E-state index in [1.54, 1.807) is 35.7 Å². The van der Waals surface area contributed by atoms with Crippen LogP contribution in [0.2, 0.25) is 5.02 Å². The third kappa shape index (κ3) is 4.04. The van der Waals surface area contributed by atoms with E-state index in [0.29, 0.717) is 27.5 Å². The molecule has 0 aliphatic rings. The van der Waals surface area contributed by atoms with Crippen LogP contribution < -0.4 is 5.32 Å². The third-order valence-corrected chi connectivity index (χ3v) is 5.42. The van der Waals surface area contributed by atoms with Crippen LogP contribution in [0.15, 0.2) is 72.1 Å². The Morgan fingerprint density at radius 2 is 1.69 bits per heavy atom. The topological polar surface area (TPSA) is 42.0 Å². The maximum atomic E-state index is 14.1. The molecule has 4 rings (SSSR count). The maximum absolute atomic E-state index is 14.1. The van der Waals surface area contributed by atoms with Crippen LogP contribution in [0.3, 0.4) is 0 Å². The number of carbonyl (C=O) groups is 1. The number of halogens is 3. The zero-order valence-electron chi connectivity index (χ0n) is 14.8. The van der Waals surface area contributed by atoms with E-state index in [0.717, 1.165) is 6.07 Å². The molecule has 0 spiro atoms. The molecule has 144 valence electrons. The van der Waals surface area contributed by atoms with Crippen molar-refractivity contribution in [3.8, 4) is 21.8 Å². The molecule has 3 aromatic carbocycles. The van der Waals surface area contributed by atoms with Gasteiger partial charge in [-0.05, 0) is 36.4 Å². The van der Waals surface area contributed by atoms with E-state index >= 15 is 0 Å². The third-order valence-electron chi connectivity index (χ3n) is 4.24. The monoisotopic (exact) mass is 426 g/mol. The molecule has 1 aromatic heterocycles. The molecule has 0 aliphatic heterocycles. The van der Waals surface area contributed by atoms with Crippen LogP contribution in [0.1, 0.15) is 10.4 Å². The lowest BCUT2D eigenvalue weighted by atomic mass is 10.1. The predicted octanol–water partition coefficient (Wildman–Crippen LogP) is 6.66. The number of para-hydroxylation sites is 1. The quantitative estimate of drug-likeness (QED) is 0.396. The number of nitrogens with zero attached hydrogens (tertiary/aromatic N) is 1. The molecule has 0 fully saturated rings. The zero-order chi connectivity index (χ0) is 20.4. The molecule has 0 unspecified atom stereocenters. The van der Waals surface area contributed by atoms with E-state index < -0.39 is 11.7 Å². The molecule has 3 nitrogen and oxygen atoms in total. The lowest BCUT2D eigenvalue weighted by Crippen LogP contribution is -2.13. The summed E-state index contributed by atoms with van der Waals surface area (Å²) in [5.74, 6) is -1.33. The average Bonchev–Trinajstić information content (AvgIpc) is 3.18. The smallest absolute Gasteiger partial charge is 0.257 e. The Bertz CT molecular complexity index is 1210. The van der Waals surface area contributed by atoms with Gasteiger partial charge in [-0.1, -0.05) is 41.9 Å². The zero-order valence-corrected chi connectivity index (χ0v) is 16.4. The van der Waals surface area contributed by atoms with E-state index in [4.69, 9.17) is 11.6 Å². The maximum Gasteiger partial charge on any atom is 0.257 e. The molecule has 0 aliphatic carbocycles. The van der Waals surface area contributed by atoms with Crippen molar-refractivity contribution in [3.63, 3.8) is 0 Å². The van der Waals surface area contributed by atoms with Crippen LogP contribution in [0.25, 0.3) is 21.8 Å². The Labute approximate surface area is 174 Å². The van der Waals surface area contributed by atoms with Gasteiger partial charge in [0.2, 0.25) is 0 Å². The fourth-order valence-electron chi connectivity index (χ4n) is 2.83. The van der Waals surface area contributed by atoms with Crippen LogP contribution in [-0.2, 0) is 0 Å². The van der Waals surface area contributed by atoms with E-state index in [-0.39, 0.29) is 16.4 Å². The van der Waals surface area contributed by atoms with Gasteiger partial charge < -0.3 is 5.32 Å². The summed E-state index contributed by atoms with van der Waals surface area (Å²) in [6.07, 6.45) is 0. The first kappa shape index (κ1) is 19.2. The summed E-state index contributed by atoms with van der Waals surface area (Å²) in [5, 5.41) is 5.16. The molecule has 1 amide bonds. The lowest BCUT2D eigenvalue weighted by Gasteiger charge is -2.10. The lowest BCUT2D eigenvalue weighted by molar-refractivity contribution is 0.102. The van der Waals surface area contributed by atoms with Gasteiger partial charge in [0.15, 0.2) is 0 Å². The highest BCUT2D eigenvalue weighted by atomic mass is 35.5. The van der Waals surface area contributed by atoms with Crippen LogP contribution >= 0.6 is 22.9 Å². The number of nitrogens with one attached hydrogen (secondary N) is 1. The van der Waals surface area contributed by atoms with Gasteiger partial charge in [-0.2, -0.15) is 0 Å². The van der Waals surface area contributed by atoms with Crippen LogP contribution in [0, 0.1) is 11.6 Å². The minimum Gasteiger partial charge on any atom is -0.321 e. The molecular formula is C22H13ClF2N2OS. The fraction of sp³-hybridized carbons (Fsp3) is 0. The molecule has 4 aromatic rings. The SMILES string of the molecule is O=C(Nc1ccccc1-c1csc(-c2ccccc2F)n1)c1ccc(F)cc1Cl. The second-order valence-corrected chi connectivity index (χ2v) is 7.41. The molecular weight excluding hydrogens is 414 g/mol. The summed E-state index contributed by atoms with van der Waals surface area (Å²) in [6.45, 7) is 0. The van der Waals surface area contributed by atoms with Gasteiger partial charge in [-0.3, -0.25) is 4.79 Å². The summed E-state index contributed by atoms with van der Waals surface area (Å²) in [6, 6.07) is 17.1. The minimum atomic E-state index is -0.518. The van der Waals surface area contributed by atoms with Crippen LogP contribution in [-0.4, -0.2) is 10.9 Å². The average molecular weight is 427 g/mol. The van der Waals surface area contributed by atoms with E-state index in [9.17, 15) is 13.6 Å². The standard InChI is InChI=1S/C22H13ClF2N2OS/c23-17-11-13(24)9-10-14(17)21(28)26-19-8-4-2-6-16(19)20-12-29-22(27-20)15-5-1-3-7-18(15)25/h1-12H,(H,26,28). The van der Waals surface area contributed by atoms with Crippen molar-refractivity contribution in [3.05, 3.63) is 94.3 Å². The number of amides is 1. The number of carbonyl (C=O) groups excluding carboxylic acids is 1. The van der Waals surface area contributed by atoms with Gasteiger partial charge >= 0.3 is 0 Å². The van der Waals surface area contributed by atoms with Gasteiger partial charge in [0, 0.05) is 16.5 Å². The Morgan fingerprint density at radius 3 is 2.45 bits per heavy atom. The highest BCUT2D eigenvalue weighted by Crippen LogP contribution is 2.34. The second-order valence-electron chi connectivity index (χ2n) is 6.14. The number of hydrogen-bond acceptors (Lipinski definition) is 3. The highest BCUT2D eigenvalue weighted by Gasteiger charge is 2.16. The molecule has 1 N–H and O–H groups in total. The number of hydrogen-bond donors (Lipinski definition) is 1. The first-order chi connectivity index (χ1) is 14.0. The predicted molar refractivity (Wildman–Crippen MR) is 112 cm³/mol. The second kappa shape index (κ2) is 8.11. The first-order valence-corrected chi connectivity index (χ1v) is 9.85. The summed E-state index contributed by atoms with van der Waals surface area (Å²) in [7, 11) is 0. The highest BCUT2D eigenvalue weighted by molar-refractivity contribution is 7.13. The molecule has 7 heteroatoms. The first-order valence-electron chi connectivity index (χ1n) is 8.59. The number of thiazole rings is 1. The molecule has 0 bridgehead atoms. The normalized spacial score (nSPS) is 10.7. The number of rotatable bonds is 4. The van der Waals surface area contributed by atoms with Gasteiger partial charge in [-0.25, -0.2) is 13.8 Å². The van der Waals surface area contributed by atoms with Crippen molar-refractivity contribution in [2.45, 2.75) is 0 Å². The van der Waals surface area contributed by atoms with Crippen molar-refractivity contribution in [2.75, 3.05) is 5.32 Å². The Balaban J connectivity index is 1.66. The van der Waals surface area contributed by atoms with Gasteiger partial charge in [-0.15, -0.1) is 11.3 Å². The van der Waals surface area contributed by atoms with Crippen molar-refractivity contribution in [1.29, 1.82) is 0 Å². The minimum absolute atomic E-state index is 0.0236. The van der Waals surface area contributed by atoms with Crippen LogP contribution in [0.5, 0.6) is 0 Å². The van der Waals surface area contributed by atoms with Crippen molar-refractivity contribution in [2.24, 2.45) is 0 Å². The molecule has 0 saturated heterocycles. The van der Waals surface area contributed by atoms with E-state index in [1.165, 1.54) is 29.5 Å². The van der Waals surface area contributed by atoms with E-state index in [1.807, 2.05) is 12.1 Å². The van der Waals surface area contributed by atoms with Crippen molar-refractivity contribution >= 4 is 34.5 Å². The number of aromatic nitrogens is 1.